The third-order valence-corrected chi connectivity index (χ3v) is 14.0. The predicted octanol–water partition coefficient (Wildman–Crippen LogP) is 7.60. The number of carbonyl (C=O) groups excluding carboxylic acids is 2. The van der Waals surface area contributed by atoms with Crippen LogP contribution in [0.15, 0.2) is 100 Å². The van der Waals surface area contributed by atoms with Crippen LogP contribution in [0.5, 0.6) is 0 Å². The van der Waals surface area contributed by atoms with Gasteiger partial charge in [0.25, 0.3) is 17.4 Å². The van der Waals surface area contributed by atoms with E-state index in [0.29, 0.717) is 62.4 Å². The summed E-state index contributed by atoms with van der Waals surface area (Å²) in [5, 5.41) is 23.4. The number of unbranched alkanes of at least 4 members (excludes halogenated alkanes) is 1. The van der Waals surface area contributed by atoms with Gasteiger partial charge in [-0.2, -0.15) is 5.10 Å². The third-order valence-electron chi connectivity index (χ3n) is 14.0. The fourth-order valence-electron chi connectivity index (χ4n) is 9.95. The summed E-state index contributed by atoms with van der Waals surface area (Å²) in [4.78, 5) is 72.7. The van der Waals surface area contributed by atoms with E-state index in [1.165, 1.54) is 6.07 Å². The van der Waals surface area contributed by atoms with Crippen molar-refractivity contribution in [2.24, 2.45) is 0 Å². The molecule has 6 aromatic rings. The molecule has 0 radical (unpaired) electrons. The summed E-state index contributed by atoms with van der Waals surface area (Å²) in [6.45, 7) is 12.8. The zero-order chi connectivity index (χ0) is 53.1. The highest BCUT2D eigenvalue weighted by Gasteiger charge is 2.25. The van der Waals surface area contributed by atoms with Gasteiger partial charge in [-0.15, -0.1) is 0 Å². The standard InChI is InChI=1S/C58H65N11O6/c1-9-12-37-27-36(4)63-57(72)47(37)33-61-56(71)46-31-49(64-54-48(46)34-62-69(54)35(2)3)39-14-20-52(60-32-39)68-25-23-67(24-26-68)22-11-10-21-59-55(70)38-13-17-42(58(73)74)45(28-38)53-43-18-15-40(65(5)6)29-50(43)75-51-30-41(66(7)8)16-19-44(51)53/h13-20,27-32,34-35H,9-12,21-26,33H2,1-8H3,(H3-,59,61,63,70,71,72,73,74)/p+1. The highest BCUT2D eigenvalue weighted by atomic mass is 16.4. The molecule has 0 spiro atoms. The van der Waals surface area contributed by atoms with Gasteiger partial charge in [0.1, 0.15) is 31.3 Å². The van der Waals surface area contributed by atoms with Crippen LogP contribution < -0.4 is 35.9 Å². The van der Waals surface area contributed by atoms with Crippen LogP contribution in [0.25, 0.3) is 55.7 Å². The summed E-state index contributed by atoms with van der Waals surface area (Å²) < 4.78 is 10.3. The van der Waals surface area contributed by atoms with Crippen molar-refractivity contribution < 1.29 is 23.9 Å². The Hall–Kier alpha value is -8.18. The van der Waals surface area contributed by atoms with Gasteiger partial charge in [-0.25, -0.2) is 24.0 Å². The van der Waals surface area contributed by atoms with Crippen molar-refractivity contribution in [2.75, 3.05) is 77.3 Å². The Morgan fingerprint density at radius 3 is 2.37 bits per heavy atom. The second-order valence-electron chi connectivity index (χ2n) is 20.1. The fourth-order valence-corrected chi connectivity index (χ4v) is 9.95. The molecular formula is C58H66N11O6+. The number of pyridine rings is 3. The number of carboxylic acids is 1. The number of nitrogens with one attached hydrogen (secondary N) is 3. The molecule has 0 saturated carbocycles. The number of carboxylic acid groups (broad SMARTS) is 1. The van der Waals surface area contributed by atoms with E-state index in [1.807, 2.05) is 118 Å². The Morgan fingerprint density at radius 2 is 1.67 bits per heavy atom. The number of nitrogens with zero attached hydrogens (tertiary/aromatic N) is 8. The minimum Gasteiger partial charge on any atom is -0.478 e. The Bertz CT molecular complexity index is 3540. The van der Waals surface area contributed by atoms with Crippen LogP contribution in [0.3, 0.4) is 0 Å². The van der Waals surface area contributed by atoms with Crippen molar-refractivity contribution in [2.45, 2.75) is 66.0 Å². The van der Waals surface area contributed by atoms with E-state index in [0.717, 1.165) is 103 Å². The minimum absolute atomic E-state index is 0.00661. The molecule has 2 amide bonds. The molecule has 4 aromatic heterocycles. The first-order valence-corrected chi connectivity index (χ1v) is 25.7. The number of carbonyl (C=O) groups is 3. The summed E-state index contributed by atoms with van der Waals surface area (Å²) in [7, 11) is 7.81. The number of aromatic carboxylic acids is 1. The molecule has 1 saturated heterocycles. The van der Waals surface area contributed by atoms with E-state index in [-0.39, 0.29) is 35.5 Å². The van der Waals surface area contributed by atoms with Crippen LogP contribution in [-0.4, -0.2) is 120 Å². The Balaban J connectivity index is 0.816. The number of amides is 2. The first kappa shape index (κ1) is 51.7. The first-order valence-electron chi connectivity index (χ1n) is 25.7. The number of aromatic nitrogens is 5. The van der Waals surface area contributed by atoms with Gasteiger partial charge in [-0.3, -0.25) is 19.3 Å². The average molecular weight is 1010 g/mol. The number of aryl methyl sites for hydroxylation is 2. The molecule has 388 valence electrons. The topological polar surface area (TPSA) is 198 Å². The summed E-state index contributed by atoms with van der Waals surface area (Å²) in [5.41, 5.74) is 8.36. The molecule has 9 rings (SSSR count). The van der Waals surface area contributed by atoms with E-state index in [2.05, 4.69) is 37.4 Å². The molecule has 0 bridgehead atoms. The maximum Gasteiger partial charge on any atom is 0.336 e. The van der Waals surface area contributed by atoms with Crippen molar-refractivity contribution in [3.05, 3.63) is 140 Å². The van der Waals surface area contributed by atoms with Gasteiger partial charge >= 0.3 is 5.97 Å². The number of hydrogen-bond donors (Lipinski definition) is 4. The van der Waals surface area contributed by atoms with E-state index in [9.17, 15) is 24.3 Å². The molecule has 2 aliphatic heterocycles. The molecule has 75 heavy (non-hydrogen) atoms. The lowest BCUT2D eigenvalue weighted by atomic mass is 9.89. The van der Waals surface area contributed by atoms with Gasteiger partial charge in [0, 0.05) is 122 Å². The molecule has 1 fully saturated rings. The Kier molecular flexibility index (Phi) is 15.2. The normalized spacial score (nSPS) is 13.0. The molecule has 3 aliphatic rings. The van der Waals surface area contributed by atoms with Gasteiger partial charge in [-0.05, 0) is 118 Å². The lowest BCUT2D eigenvalue weighted by molar-refractivity contribution is 0.0696. The summed E-state index contributed by atoms with van der Waals surface area (Å²) in [5.74, 6) is -0.205. The third kappa shape index (κ3) is 11.0. The van der Waals surface area contributed by atoms with Gasteiger partial charge in [-0.1, -0.05) is 13.3 Å². The molecule has 0 unspecified atom stereocenters. The lowest BCUT2D eigenvalue weighted by Crippen LogP contribution is -2.47. The molecule has 2 aromatic carbocycles. The van der Waals surface area contributed by atoms with Crippen molar-refractivity contribution in [3.63, 3.8) is 0 Å². The number of rotatable bonds is 17. The Morgan fingerprint density at radius 1 is 0.867 bits per heavy atom. The van der Waals surface area contributed by atoms with E-state index in [4.69, 9.17) is 14.4 Å². The maximum atomic E-state index is 13.9. The van der Waals surface area contributed by atoms with Crippen LogP contribution in [0.4, 0.5) is 11.5 Å². The van der Waals surface area contributed by atoms with E-state index >= 15 is 0 Å². The van der Waals surface area contributed by atoms with Crippen LogP contribution in [0.2, 0.25) is 0 Å². The molecule has 4 N–H and O–H groups in total. The quantitative estimate of drug-likeness (QED) is 0.0397. The van der Waals surface area contributed by atoms with E-state index < -0.39 is 5.97 Å². The van der Waals surface area contributed by atoms with Crippen molar-refractivity contribution in [1.82, 2.24) is 44.8 Å². The van der Waals surface area contributed by atoms with Crippen molar-refractivity contribution in [1.29, 1.82) is 0 Å². The number of fused-ring (bicyclic) bond motifs is 3. The van der Waals surface area contributed by atoms with Crippen LogP contribution in [0, 0.1) is 6.92 Å². The van der Waals surface area contributed by atoms with Gasteiger partial charge in [0.05, 0.1) is 34.5 Å². The molecule has 6 heterocycles. The Labute approximate surface area is 435 Å². The lowest BCUT2D eigenvalue weighted by Gasteiger charge is -2.35. The molecule has 1 aliphatic carbocycles. The fraction of sp³-hybridized carbons (Fsp3) is 0.345. The number of hydrogen-bond acceptors (Lipinski definition) is 11. The largest absolute Gasteiger partial charge is 0.478 e. The summed E-state index contributed by atoms with van der Waals surface area (Å²) in [6, 6.07) is 24.3. The smallest absolute Gasteiger partial charge is 0.336 e. The first-order chi connectivity index (χ1) is 36.1. The van der Waals surface area contributed by atoms with Crippen LogP contribution in [-0.2, 0) is 13.0 Å². The van der Waals surface area contributed by atoms with Gasteiger partial charge in [0.2, 0.25) is 5.36 Å². The second-order valence-corrected chi connectivity index (χ2v) is 20.1. The second kappa shape index (κ2) is 22.1. The summed E-state index contributed by atoms with van der Waals surface area (Å²) in [6.07, 6.45) is 6.77. The molecule has 17 heteroatoms. The van der Waals surface area contributed by atoms with E-state index in [1.54, 1.807) is 30.6 Å². The zero-order valence-electron chi connectivity index (χ0n) is 44.1. The number of H-pyrrole nitrogens is 1. The van der Waals surface area contributed by atoms with Crippen molar-refractivity contribution in [3.8, 4) is 33.7 Å². The van der Waals surface area contributed by atoms with Gasteiger partial charge in [0.15, 0.2) is 5.65 Å². The molecular weight excluding hydrogens is 947 g/mol. The van der Waals surface area contributed by atoms with Crippen molar-refractivity contribution >= 4 is 51.3 Å². The number of piperazine rings is 1. The number of aromatic amines is 1. The molecule has 17 nitrogen and oxygen atoms in total. The highest BCUT2D eigenvalue weighted by molar-refractivity contribution is 6.10. The predicted molar refractivity (Wildman–Crippen MR) is 295 cm³/mol. The minimum atomic E-state index is -1.09. The molecule has 0 atom stereocenters. The maximum absolute atomic E-state index is 13.9. The zero-order valence-corrected chi connectivity index (χ0v) is 44.1. The summed E-state index contributed by atoms with van der Waals surface area (Å²) >= 11 is 0. The monoisotopic (exact) mass is 1010 g/mol. The number of benzene rings is 3. The highest BCUT2D eigenvalue weighted by Crippen LogP contribution is 2.42. The van der Waals surface area contributed by atoms with Gasteiger partial charge < -0.3 is 34.9 Å². The SMILES string of the molecule is CCCc1cc(C)[nH]c(=O)c1CNC(=O)c1cc(-c2ccc(N3CCN(CCCCNC(=O)c4ccc(C(=O)O)c(-c5c6ccc(=[N+](C)C)cc-6oc6cc(N(C)C)ccc56)c4)CC3)nc2)nc2c1cnn2C(C)C. The van der Waals surface area contributed by atoms with Crippen LogP contribution >= 0.6 is 0 Å². The number of anilines is 2. The van der Waals surface area contributed by atoms with Crippen LogP contribution in [0.1, 0.15) is 94.0 Å². The average Bonchev–Trinajstić information content (AvgIpc) is 3.84.